The summed E-state index contributed by atoms with van der Waals surface area (Å²) in [5.41, 5.74) is 7.48. The standard InChI is InChI=1S/C27H25N5O3/c1-15-6-5-7-16(2)24(15)20-12-18(8-11-23(20)35-4)26-30-17(3)25(32(26)34)27(33)31-19-9-10-21-22(13-19)29-14-28-21/h5-14,34H,1-4H3,(H,28,29)(H,31,33). The van der Waals surface area contributed by atoms with Crippen molar-refractivity contribution in [2.45, 2.75) is 20.8 Å². The average molecular weight is 468 g/mol. The molecule has 3 aromatic carbocycles. The van der Waals surface area contributed by atoms with Gasteiger partial charge in [0.25, 0.3) is 5.91 Å². The molecule has 0 spiro atoms. The second-order valence-corrected chi connectivity index (χ2v) is 8.45. The number of imidazole rings is 2. The molecule has 2 heterocycles. The van der Waals surface area contributed by atoms with E-state index < -0.39 is 5.91 Å². The Labute approximate surface area is 202 Å². The largest absolute Gasteiger partial charge is 0.496 e. The van der Waals surface area contributed by atoms with Gasteiger partial charge < -0.3 is 20.2 Å². The van der Waals surface area contributed by atoms with Gasteiger partial charge in [0.05, 0.1) is 30.2 Å². The molecule has 0 atom stereocenters. The molecule has 0 fully saturated rings. The molecule has 5 rings (SSSR count). The van der Waals surface area contributed by atoms with E-state index in [1.807, 2.05) is 30.3 Å². The molecule has 5 aromatic rings. The average Bonchev–Trinajstić information content (AvgIpc) is 3.42. The van der Waals surface area contributed by atoms with Gasteiger partial charge in [-0.3, -0.25) is 4.79 Å². The molecule has 8 heteroatoms. The van der Waals surface area contributed by atoms with Gasteiger partial charge in [0.2, 0.25) is 0 Å². The fourth-order valence-electron chi connectivity index (χ4n) is 4.45. The second kappa shape index (κ2) is 8.64. The van der Waals surface area contributed by atoms with Gasteiger partial charge in [-0.15, -0.1) is 0 Å². The number of nitrogens with one attached hydrogen (secondary N) is 2. The van der Waals surface area contributed by atoms with Crippen molar-refractivity contribution in [2.75, 3.05) is 12.4 Å². The van der Waals surface area contributed by atoms with Gasteiger partial charge in [-0.05, 0) is 73.9 Å². The Morgan fingerprint density at radius 1 is 1.06 bits per heavy atom. The first-order valence-electron chi connectivity index (χ1n) is 11.2. The first-order valence-corrected chi connectivity index (χ1v) is 11.2. The number of aromatic amines is 1. The van der Waals surface area contributed by atoms with Crippen molar-refractivity contribution in [3.63, 3.8) is 0 Å². The molecule has 0 saturated heterocycles. The molecular weight excluding hydrogens is 442 g/mol. The normalized spacial score (nSPS) is 11.1. The highest BCUT2D eigenvalue weighted by Crippen LogP contribution is 2.37. The maximum absolute atomic E-state index is 13.1. The zero-order valence-electron chi connectivity index (χ0n) is 19.9. The van der Waals surface area contributed by atoms with Gasteiger partial charge in [-0.1, -0.05) is 18.2 Å². The van der Waals surface area contributed by atoms with Crippen LogP contribution in [0.4, 0.5) is 5.69 Å². The fourth-order valence-corrected chi connectivity index (χ4v) is 4.45. The van der Waals surface area contributed by atoms with Crippen LogP contribution < -0.4 is 10.1 Å². The molecule has 3 N–H and O–H groups in total. The van der Waals surface area contributed by atoms with Crippen molar-refractivity contribution < 1.29 is 14.7 Å². The molecule has 0 aliphatic rings. The third-order valence-corrected chi connectivity index (χ3v) is 6.13. The number of hydrogen-bond acceptors (Lipinski definition) is 5. The molecule has 176 valence electrons. The lowest BCUT2D eigenvalue weighted by Crippen LogP contribution is -2.17. The zero-order chi connectivity index (χ0) is 24.7. The molecule has 2 aromatic heterocycles. The van der Waals surface area contributed by atoms with Gasteiger partial charge in [0.1, 0.15) is 5.75 Å². The number of amides is 1. The van der Waals surface area contributed by atoms with E-state index in [0.29, 0.717) is 22.7 Å². The highest BCUT2D eigenvalue weighted by molar-refractivity contribution is 6.05. The topological polar surface area (TPSA) is 105 Å². The van der Waals surface area contributed by atoms with Crippen LogP contribution in [0.5, 0.6) is 5.75 Å². The summed E-state index contributed by atoms with van der Waals surface area (Å²) < 4.78 is 6.47. The Balaban J connectivity index is 1.53. The Morgan fingerprint density at radius 2 is 1.83 bits per heavy atom. The summed E-state index contributed by atoms with van der Waals surface area (Å²) in [6.07, 6.45) is 1.59. The number of carbonyl (C=O) groups is 1. The first kappa shape index (κ1) is 22.2. The van der Waals surface area contributed by atoms with E-state index >= 15 is 0 Å². The molecule has 0 saturated carbocycles. The molecule has 0 radical (unpaired) electrons. The molecule has 0 unspecified atom stereocenters. The van der Waals surface area contributed by atoms with E-state index in [1.54, 1.807) is 32.5 Å². The maximum Gasteiger partial charge on any atom is 0.277 e. The van der Waals surface area contributed by atoms with E-state index in [-0.39, 0.29) is 11.5 Å². The van der Waals surface area contributed by atoms with Gasteiger partial charge in [0.15, 0.2) is 11.5 Å². The number of nitrogens with zero attached hydrogens (tertiary/aromatic N) is 3. The number of ether oxygens (including phenoxy) is 1. The number of anilines is 1. The highest BCUT2D eigenvalue weighted by Gasteiger charge is 2.23. The lowest BCUT2D eigenvalue weighted by molar-refractivity contribution is 0.0974. The minimum atomic E-state index is -0.467. The molecule has 35 heavy (non-hydrogen) atoms. The third kappa shape index (κ3) is 3.89. The SMILES string of the molecule is COc1ccc(-c2nc(C)c(C(=O)Nc3ccc4nc[nH]c4c3)n2O)cc1-c1c(C)cccc1C. The third-order valence-electron chi connectivity index (χ3n) is 6.13. The summed E-state index contributed by atoms with van der Waals surface area (Å²) in [5, 5.41) is 13.8. The second-order valence-electron chi connectivity index (χ2n) is 8.45. The summed E-state index contributed by atoms with van der Waals surface area (Å²) in [5.74, 6) is 0.518. The summed E-state index contributed by atoms with van der Waals surface area (Å²) >= 11 is 0. The minimum absolute atomic E-state index is 0.0640. The van der Waals surface area contributed by atoms with E-state index in [9.17, 15) is 10.0 Å². The number of fused-ring (bicyclic) bond motifs is 1. The van der Waals surface area contributed by atoms with Gasteiger partial charge in [-0.25, -0.2) is 9.97 Å². The fraction of sp³-hybridized carbons (Fsp3) is 0.148. The Morgan fingerprint density at radius 3 is 2.57 bits per heavy atom. The Kier molecular flexibility index (Phi) is 5.49. The van der Waals surface area contributed by atoms with Crippen molar-refractivity contribution in [2.24, 2.45) is 0 Å². The maximum atomic E-state index is 13.1. The summed E-state index contributed by atoms with van der Waals surface area (Å²) in [6, 6.07) is 17.1. The van der Waals surface area contributed by atoms with Crippen molar-refractivity contribution >= 4 is 22.6 Å². The number of rotatable bonds is 5. The minimum Gasteiger partial charge on any atom is -0.496 e. The van der Waals surface area contributed by atoms with Crippen molar-refractivity contribution in [1.29, 1.82) is 0 Å². The molecule has 1 amide bonds. The van der Waals surface area contributed by atoms with Crippen molar-refractivity contribution in [1.82, 2.24) is 19.7 Å². The van der Waals surface area contributed by atoms with E-state index in [2.05, 4.69) is 46.2 Å². The lowest BCUT2D eigenvalue weighted by Gasteiger charge is -2.15. The molecule has 8 nitrogen and oxygen atoms in total. The molecule has 0 aliphatic carbocycles. The van der Waals surface area contributed by atoms with E-state index in [1.165, 1.54) is 0 Å². The summed E-state index contributed by atoms with van der Waals surface area (Å²) in [6.45, 7) is 5.79. The van der Waals surface area contributed by atoms with Gasteiger partial charge in [-0.2, -0.15) is 4.73 Å². The molecular formula is C27H25N5O3. The van der Waals surface area contributed by atoms with Crippen LogP contribution in [0.25, 0.3) is 33.5 Å². The van der Waals surface area contributed by atoms with Crippen LogP contribution in [0.15, 0.2) is 60.9 Å². The van der Waals surface area contributed by atoms with Crippen LogP contribution in [0.2, 0.25) is 0 Å². The van der Waals surface area contributed by atoms with Crippen molar-refractivity contribution in [3.8, 4) is 28.3 Å². The van der Waals surface area contributed by atoms with Crippen LogP contribution in [0.1, 0.15) is 27.3 Å². The predicted molar refractivity (Wildman–Crippen MR) is 135 cm³/mol. The number of benzene rings is 3. The predicted octanol–water partition coefficient (Wildman–Crippen LogP) is 5.52. The van der Waals surface area contributed by atoms with Crippen LogP contribution in [0, 0.1) is 20.8 Å². The number of H-pyrrole nitrogens is 1. The number of methoxy groups -OCH3 is 1. The van der Waals surface area contributed by atoms with E-state index in [0.717, 1.165) is 38.0 Å². The number of aryl methyl sites for hydroxylation is 3. The smallest absolute Gasteiger partial charge is 0.277 e. The van der Waals surface area contributed by atoms with Gasteiger partial charge >= 0.3 is 0 Å². The number of hydrogen-bond donors (Lipinski definition) is 3. The number of carbonyl (C=O) groups excluding carboxylic acids is 1. The molecule has 0 bridgehead atoms. The Bertz CT molecular complexity index is 1560. The van der Waals surface area contributed by atoms with Gasteiger partial charge in [0, 0.05) is 16.8 Å². The van der Waals surface area contributed by atoms with Crippen molar-refractivity contribution in [3.05, 3.63) is 83.4 Å². The zero-order valence-corrected chi connectivity index (χ0v) is 19.9. The first-order chi connectivity index (χ1) is 16.9. The molecule has 0 aliphatic heterocycles. The number of aromatic nitrogens is 4. The summed E-state index contributed by atoms with van der Waals surface area (Å²) in [7, 11) is 1.63. The van der Waals surface area contributed by atoms with Crippen LogP contribution in [0.3, 0.4) is 0 Å². The monoisotopic (exact) mass is 467 g/mol. The van der Waals surface area contributed by atoms with Crippen LogP contribution in [-0.2, 0) is 0 Å². The summed E-state index contributed by atoms with van der Waals surface area (Å²) in [4.78, 5) is 24.8. The quantitative estimate of drug-likeness (QED) is 0.295. The van der Waals surface area contributed by atoms with Crippen LogP contribution >= 0.6 is 0 Å². The Hall–Kier alpha value is -4.59. The van der Waals surface area contributed by atoms with Crippen LogP contribution in [-0.4, -0.2) is 37.9 Å². The highest BCUT2D eigenvalue weighted by atomic mass is 16.5. The lowest BCUT2D eigenvalue weighted by atomic mass is 9.93. The van der Waals surface area contributed by atoms with E-state index in [4.69, 9.17) is 4.74 Å².